The quantitative estimate of drug-likeness (QED) is 0.671. The first-order chi connectivity index (χ1) is 15.7. The predicted molar refractivity (Wildman–Crippen MR) is 123 cm³/mol. The van der Waals surface area contributed by atoms with Gasteiger partial charge in [-0.15, -0.1) is 0 Å². The van der Waals surface area contributed by atoms with Crippen molar-refractivity contribution >= 4 is 56.3 Å². The molecule has 0 saturated carbocycles. The second kappa shape index (κ2) is 9.38. The van der Waals surface area contributed by atoms with E-state index in [1.54, 1.807) is 53.4 Å². The Labute approximate surface area is 195 Å². The van der Waals surface area contributed by atoms with Crippen LogP contribution in [0.2, 0.25) is 5.02 Å². The number of morpholine rings is 1. The Morgan fingerprint density at radius 1 is 1.00 bits per heavy atom. The van der Waals surface area contributed by atoms with Gasteiger partial charge in [-0.1, -0.05) is 11.6 Å². The molecular formula is C21H21ClN4O6S. The number of carbonyl (C=O) groups excluding carboxylic acids is 3. The Bertz CT molecular complexity index is 1170. The van der Waals surface area contributed by atoms with Crippen LogP contribution in [0.3, 0.4) is 0 Å². The van der Waals surface area contributed by atoms with Crippen LogP contribution in [0.1, 0.15) is 0 Å². The maximum Gasteiger partial charge on any atom is 0.323 e. The van der Waals surface area contributed by atoms with Crippen LogP contribution in [-0.4, -0.2) is 68.6 Å². The molecule has 2 heterocycles. The van der Waals surface area contributed by atoms with Gasteiger partial charge in [0.15, 0.2) is 9.84 Å². The Kier molecular flexibility index (Phi) is 6.54. The zero-order chi connectivity index (χ0) is 23.6. The molecule has 2 aromatic carbocycles. The molecule has 33 heavy (non-hydrogen) atoms. The molecule has 2 fully saturated rings. The molecule has 2 saturated heterocycles. The van der Waals surface area contributed by atoms with E-state index in [4.69, 9.17) is 16.3 Å². The van der Waals surface area contributed by atoms with Gasteiger partial charge in [-0.2, -0.15) is 0 Å². The van der Waals surface area contributed by atoms with Gasteiger partial charge in [0.25, 0.3) is 5.91 Å². The number of halogens is 1. The van der Waals surface area contributed by atoms with Crippen LogP contribution < -0.4 is 15.5 Å². The first-order valence-electron chi connectivity index (χ1n) is 10.0. The van der Waals surface area contributed by atoms with Gasteiger partial charge in [-0.3, -0.25) is 14.5 Å². The maximum atomic E-state index is 12.9. The van der Waals surface area contributed by atoms with Crippen LogP contribution in [-0.2, 0) is 24.2 Å². The number of benzene rings is 2. The van der Waals surface area contributed by atoms with E-state index >= 15 is 0 Å². The van der Waals surface area contributed by atoms with Crippen molar-refractivity contribution in [3.8, 4) is 0 Å². The highest BCUT2D eigenvalue weighted by molar-refractivity contribution is 7.91. The van der Waals surface area contributed by atoms with Crippen LogP contribution >= 0.6 is 11.6 Å². The number of carbonyl (C=O) groups is 3. The molecule has 0 bridgehead atoms. The second-order valence-corrected chi connectivity index (χ2v) is 10.1. The number of urea groups is 1. The van der Waals surface area contributed by atoms with Crippen molar-refractivity contribution in [2.45, 2.75) is 6.04 Å². The fourth-order valence-electron chi connectivity index (χ4n) is 3.57. The third kappa shape index (κ3) is 5.44. The average molecular weight is 493 g/mol. The van der Waals surface area contributed by atoms with Crippen LogP contribution in [0.4, 0.5) is 21.9 Å². The number of nitrogens with one attached hydrogen (secondary N) is 2. The van der Waals surface area contributed by atoms with E-state index in [0.29, 0.717) is 35.2 Å². The van der Waals surface area contributed by atoms with Crippen molar-refractivity contribution in [3.05, 3.63) is 53.6 Å². The number of rotatable bonds is 4. The first-order valence-corrected chi connectivity index (χ1v) is 12.2. The van der Waals surface area contributed by atoms with Crippen molar-refractivity contribution in [1.82, 2.24) is 4.90 Å². The molecule has 2 aliphatic heterocycles. The molecule has 12 heteroatoms. The van der Waals surface area contributed by atoms with Crippen LogP contribution in [0.5, 0.6) is 0 Å². The zero-order valence-corrected chi connectivity index (χ0v) is 18.9. The Balaban J connectivity index is 1.44. The molecule has 2 aliphatic rings. The third-order valence-electron chi connectivity index (χ3n) is 5.22. The van der Waals surface area contributed by atoms with Gasteiger partial charge in [-0.25, -0.2) is 13.2 Å². The van der Waals surface area contributed by atoms with Crippen LogP contribution in [0, 0.1) is 0 Å². The summed E-state index contributed by atoms with van der Waals surface area (Å²) in [5.41, 5.74) is 1.49. The van der Waals surface area contributed by atoms with E-state index in [1.807, 2.05) is 0 Å². The molecule has 2 N–H and O–H groups in total. The molecule has 2 aromatic rings. The summed E-state index contributed by atoms with van der Waals surface area (Å²) in [5.74, 6) is -1.83. The summed E-state index contributed by atoms with van der Waals surface area (Å²) < 4.78 is 29.5. The molecule has 0 radical (unpaired) electrons. The molecule has 0 spiro atoms. The minimum atomic E-state index is -3.63. The Morgan fingerprint density at radius 2 is 1.64 bits per heavy atom. The van der Waals surface area contributed by atoms with E-state index in [-0.39, 0.29) is 12.5 Å². The number of hydrogen-bond donors (Lipinski definition) is 2. The number of sulfone groups is 1. The van der Waals surface area contributed by atoms with Gasteiger partial charge in [0.2, 0.25) is 5.91 Å². The molecule has 1 atom stereocenters. The number of nitrogens with zero attached hydrogens (tertiary/aromatic N) is 2. The van der Waals surface area contributed by atoms with Gasteiger partial charge in [0, 0.05) is 28.6 Å². The lowest BCUT2D eigenvalue weighted by Crippen LogP contribution is -2.46. The fourth-order valence-corrected chi connectivity index (χ4v) is 5.34. The van der Waals surface area contributed by atoms with Crippen molar-refractivity contribution in [2.24, 2.45) is 0 Å². The molecule has 174 valence electrons. The summed E-state index contributed by atoms with van der Waals surface area (Å²) in [6.07, 6.45) is 0. The maximum absolute atomic E-state index is 12.9. The summed E-state index contributed by atoms with van der Waals surface area (Å²) in [6.45, 7) is 0.888. The van der Waals surface area contributed by atoms with Crippen molar-refractivity contribution in [2.75, 3.05) is 46.9 Å². The summed E-state index contributed by atoms with van der Waals surface area (Å²) in [6, 6.07) is 11.0. The van der Waals surface area contributed by atoms with Crippen molar-refractivity contribution in [3.63, 3.8) is 0 Å². The van der Waals surface area contributed by atoms with E-state index in [0.717, 1.165) is 4.90 Å². The highest BCUT2D eigenvalue weighted by atomic mass is 35.5. The molecule has 4 amide bonds. The summed E-state index contributed by atoms with van der Waals surface area (Å²) in [4.78, 5) is 40.1. The molecule has 10 nitrogen and oxygen atoms in total. The fraction of sp³-hybridized carbons (Fsp3) is 0.286. The molecule has 4 rings (SSSR count). The lowest BCUT2D eigenvalue weighted by Gasteiger charge is -2.27. The monoisotopic (exact) mass is 492 g/mol. The average Bonchev–Trinajstić information content (AvgIpc) is 3.12. The summed E-state index contributed by atoms with van der Waals surface area (Å²) >= 11 is 5.84. The lowest BCUT2D eigenvalue weighted by molar-refractivity contribution is -0.125. The smallest absolute Gasteiger partial charge is 0.323 e. The summed E-state index contributed by atoms with van der Waals surface area (Å²) in [7, 11) is -3.63. The largest absolute Gasteiger partial charge is 0.370 e. The summed E-state index contributed by atoms with van der Waals surface area (Å²) in [5, 5.41) is 5.71. The van der Waals surface area contributed by atoms with Crippen LogP contribution in [0.15, 0.2) is 48.5 Å². The highest BCUT2D eigenvalue weighted by Crippen LogP contribution is 2.23. The van der Waals surface area contributed by atoms with Gasteiger partial charge in [-0.05, 0) is 48.5 Å². The molecule has 0 aromatic heterocycles. The predicted octanol–water partition coefficient (Wildman–Crippen LogP) is 1.93. The molecule has 0 unspecified atom stereocenters. The normalized spacial score (nSPS) is 19.9. The minimum absolute atomic E-state index is 0.0164. The standard InChI is InChI=1S/C21H21ClN4O6S/c22-14-1-3-16(4-2-14)24-21(29)26-13-33(30,31)12-18(26)20(28)23-15-5-7-17(8-6-15)25-9-10-32-11-19(25)27/h1-8,18H,9-13H2,(H,23,28)(H,24,29)/t18-/m0/s1. The van der Waals surface area contributed by atoms with Gasteiger partial charge < -0.3 is 20.3 Å². The van der Waals surface area contributed by atoms with Gasteiger partial charge >= 0.3 is 6.03 Å². The molecular weight excluding hydrogens is 472 g/mol. The third-order valence-corrected chi connectivity index (χ3v) is 6.96. The van der Waals surface area contributed by atoms with E-state index in [1.165, 1.54) is 0 Å². The number of anilines is 3. The topological polar surface area (TPSA) is 125 Å². The number of hydrogen-bond acceptors (Lipinski definition) is 6. The first kappa shape index (κ1) is 23.0. The van der Waals surface area contributed by atoms with Crippen molar-refractivity contribution in [1.29, 1.82) is 0 Å². The van der Waals surface area contributed by atoms with Gasteiger partial charge in [0.05, 0.1) is 12.4 Å². The van der Waals surface area contributed by atoms with Gasteiger partial charge in [0.1, 0.15) is 18.5 Å². The minimum Gasteiger partial charge on any atom is -0.370 e. The zero-order valence-electron chi connectivity index (χ0n) is 17.4. The second-order valence-electron chi connectivity index (χ2n) is 7.60. The highest BCUT2D eigenvalue weighted by Gasteiger charge is 2.42. The van der Waals surface area contributed by atoms with E-state index < -0.39 is 39.4 Å². The Hall–Kier alpha value is -3.15. The Morgan fingerprint density at radius 3 is 2.30 bits per heavy atom. The molecule has 0 aliphatic carbocycles. The van der Waals surface area contributed by atoms with E-state index in [2.05, 4.69) is 10.6 Å². The van der Waals surface area contributed by atoms with Crippen LogP contribution in [0.25, 0.3) is 0 Å². The number of ether oxygens (including phenoxy) is 1. The SMILES string of the molecule is O=C(Nc1ccc(N2CCOCC2=O)cc1)[C@@H]1CS(=O)(=O)CN1C(=O)Nc1ccc(Cl)cc1. The van der Waals surface area contributed by atoms with E-state index in [9.17, 15) is 22.8 Å². The lowest BCUT2D eigenvalue weighted by atomic mass is 10.2. The number of amides is 4. The van der Waals surface area contributed by atoms with Crippen molar-refractivity contribution < 1.29 is 27.5 Å².